The van der Waals surface area contributed by atoms with E-state index < -0.39 is 0 Å². The fourth-order valence-electron chi connectivity index (χ4n) is 4.45. The van der Waals surface area contributed by atoms with Gasteiger partial charge in [0.15, 0.2) is 0 Å². The van der Waals surface area contributed by atoms with Gasteiger partial charge in [0.1, 0.15) is 12.2 Å². The van der Waals surface area contributed by atoms with Crippen LogP contribution in [0.5, 0.6) is 0 Å². The van der Waals surface area contributed by atoms with Crippen LogP contribution in [0.2, 0.25) is 0 Å². The highest BCUT2D eigenvalue weighted by Gasteiger charge is 2.53. The quantitative estimate of drug-likeness (QED) is 0.859. The average molecular weight is 338 g/mol. The van der Waals surface area contributed by atoms with Gasteiger partial charge in [-0.3, -0.25) is 4.79 Å². The SMILES string of the molecule is CC(C)Cn1cnnc1C1CN(C(=O)c2ccccc2)CC12CCC2. The van der Waals surface area contributed by atoms with Crippen molar-refractivity contribution in [3.05, 3.63) is 48.0 Å². The Labute approximate surface area is 149 Å². The molecule has 0 bridgehead atoms. The summed E-state index contributed by atoms with van der Waals surface area (Å²) in [6, 6.07) is 9.62. The second-order valence-corrected chi connectivity index (χ2v) is 8.06. The van der Waals surface area contributed by atoms with E-state index in [1.807, 2.05) is 41.6 Å². The zero-order chi connectivity index (χ0) is 17.4. The number of carbonyl (C=O) groups excluding carboxylic acids is 1. The van der Waals surface area contributed by atoms with Crippen molar-refractivity contribution in [2.75, 3.05) is 13.1 Å². The second kappa shape index (κ2) is 6.28. The van der Waals surface area contributed by atoms with Gasteiger partial charge in [0.25, 0.3) is 5.91 Å². The van der Waals surface area contributed by atoms with E-state index in [9.17, 15) is 4.79 Å². The molecule has 1 aromatic carbocycles. The minimum Gasteiger partial charge on any atom is -0.337 e. The maximum absolute atomic E-state index is 12.9. The lowest BCUT2D eigenvalue weighted by Gasteiger charge is -2.42. The van der Waals surface area contributed by atoms with Gasteiger partial charge in [0.05, 0.1) is 0 Å². The minimum absolute atomic E-state index is 0.143. The fourth-order valence-corrected chi connectivity index (χ4v) is 4.45. The summed E-state index contributed by atoms with van der Waals surface area (Å²) in [4.78, 5) is 15.0. The molecule has 1 spiro atoms. The molecule has 1 saturated carbocycles. The third kappa shape index (κ3) is 2.86. The highest BCUT2D eigenvalue weighted by Crippen LogP contribution is 2.55. The van der Waals surface area contributed by atoms with Gasteiger partial charge >= 0.3 is 0 Å². The molecule has 1 aromatic heterocycles. The zero-order valence-electron chi connectivity index (χ0n) is 15.1. The van der Waals surface area contributed by atoms with E-state index in [2.05, 4.69) is 28.6 Å². The third-order valence-electron chi connectivity index (χ3n) is 5.82. The molecule has 25 heavy (non-hydrogen) atoms. The van der Waals surface area contributed by atoms with Crippen LogP contribution < -0.4 is 0 Å². The van der Waals surface area contributed by atoms with Crippen molar-refractivity contribution in [3.8, 4) is 0 Å². The van der Waals surface area contributed by atoms with Gasteiger partial charge in [-0.2, -0.15) is 0 Å². The van der Waals surface area contributed by atoms with E-state index in [-0.39, 0.29) is 11.3 Å². The lowest BCUT2D eigenvalue weighted by molar-refractivity contribution is 0.0723. The molecule has 0 N–H and O–H groups in total. The van der Waals surface area contributed by atoms with Crippen molar-refractivity contribution in [1.29, 1.82) is 0 Å². The minimum atomic E-state index is 0.143. The molecule has 1 saturated heterocycles. The molecule has 5 heteroatoms. The monoisotopic (exact) mass is 338 g/mol. The van der Waals surface area contributed by atoms with Gasteiger partial charge in [-0.15, -0.1) is 10.2 Å². The Hall–Kier alpha value is -2.17. The van der Waals surface area contributed by atoms with Crippen molar-refractivity contribution in [1.82, 2.24) is 19.7 Å². The van der Waals surface area contributed by atoms with E-state index >= 15 is 0 Å². The summed E-state index contributed by atoms with van der Waals surface area (Å²) in [5.74, 6) is 2.06. The summed E-state index contributed by atoms with van der Waals surface area (Å²) < 4.78 is 2.20. The van der Waals surface area contributed by atoms with Gasteiger partial charge < -0.3 is 9.47 Å². The van der Waals surface area contributed by atoms with Gasteiger partial charge in [0, 0.05) is 31.1 Å². The van der Waals surface area contributed by atoms with Gasteiger partial charge in [-0.1, -0.05) is 38.5 Å². The molecule has 5 nitrogen and oxygen atoms in total. The first-order valence-electron chi connectivity index (χ1n) is 9.31. The lowest BCUT2D eigenvalue weighted by atomic mass is 9.62. The number of rotatable bonds is 4. The van der Waals surface area contributed by atoms with Crippen molar-refractivity contribution in [3.63, 3.8) is 0 Å². The van der Waals surface area contributed by atoms with Crippen LogP contribution in [0.1, 0.15) is 55.2 Å². The summed E-state index contributed by atoms with van der Waals surface area (Å²) in [6.45, 7) is 6.96. The Balaban J connectivity index is 1.61. The molecule has 4 rings (SSSR count). The summed E-state index contributed by atoms with van der Waals surface area (Å²) in [5.41, 5.74) is 0.980. The summed E-state index contributed by atoms with van der Waals surface area (Å²) in [5, 5.41) is 8.65. The van der Waals surface area contributed by atoms with Gasteiger partial charge in [-0.05, 0) is 36.3 Å². The van der Waals surface area contributed by atoms with Crippen LogP contribution in [0.25, 0.3) is 0 Å². The molecular weight excluding hydrogens is 312 g/mol. The lowest BCUT2D eigenvalue weighted by Crippen LogP contribution is -2.38. The number of likely N-dealkylation sites (tertiary alicyclic amines) is 1. The van der Waals surface area contributed by atoms with E-state index in [1.54, 1.807) is 0 Å². The molecule has 2 fully saturated rings. The molecule has 132 valence electrons. The molecule has 0 radical (unpaired) electrons. The highest BCUT2D eigenvalue weighted by atomic mass is 16.2. The zero-order valence-corrected chi connectivity index (χ0v) is 15.1. The molecule has 2 aromatic rings. The maximum Gasteiger partial charge on any atom is 0.253 e. The molecule has 1 amide bonds. The summed E-state index contributed by atoms with van der Waals surface area (Å²) in [7, 11) is 0. The molecular formula is C20H26N4O. The fraction of sp³-hybridized carbons (Fsp3) is 0.550. The van der Waals surface area contributed by atoms with Crippen LogP contribution in [0.15, 0.2) is 36.7 Å². The van der Waals surface area contributed by atoms with Crippen LogP contribution in [0, 0.1) is 11.3 Å². The Morgan fingerprint density at radius 1 is 1.28 bits per heavy atom. The topological polar surface area (TPSA) is 51.0 Å². The van der Waals surface area contributed by atoms with E-state index in [1.165, 1.54) is 19.3 Å². The Kier molecular flexibility index (Phi) is 4.10. The number of amides is 1. The Bertz CT molecular complexity index is 748. The van der Waals surface area contributed by atoms with Crippen LogP contribution in [-0.4, -0.2) is 38.7 Å². The number of hydrogen-bond donors (Lipinski definition) is 0. The number of hydrogen-bond acceptors (Lipinski definition) is 3. The van der Waals surface area contributed by atoms with Crippen LogP contribution >= 0.6 is 0 Å². The highest BCUT2D eigenvalue weighted by molar-refractivity contribution is 5.94. The standard InChI is InChI=1S/C20H26N4O/c1-15(2)11-24-14-21-22-18(24)17-12-23(13-20(17)9-6-10-20)19(25)16-7-4-3-5-8-16/h3-5,7-8,14-15,17H,6,9-13H2,1-2H3. The first-order valence-corrected chi connectivity index (χ1v) is 9.31. The molecule has 1 aliphatic carbocycles. The van der Waals surface area contributed by atoms with Crippen LogP contribution in [0.3, 0.4) is 0 Å². The number of aromatic nitrogens is 3. The van der Waals surface area contributed by atoms with Crippen molar-refractivity contribution in [2.45, 2.75) is 45.6 Å². The first kappa shape index (κ1) is 16.3. The summed E-state index contributed by atoms with van der Waals surface area (Å²) in [6.07, 6.45) is 5.47. The molecule has 1 atom stereocenters. The number of nitrogens with zero attached hydrogens (tertiary/aromatic N) is 4. The normalized spacial score (nSPS) is 21.7. The van der Waals surface area contributed by atoms with Crippen molar-refractivity contribution < 1.29 is 4.79 Å². The number of carbonyl (C=O) groups is 1. The largest absolute Gasteiger partial charge is 0.337 e. The van der Waals surface area contributed by atoms with E-state index in [4.69, 9.17) is 0 Å². The van der Waals surface area contributed by atoms with Crippen molar-refractivity contribution in [2.24, 2.45) is 11.3 Å². The Morgan fingerprint density at radius 2 is 2.04 bits per heavy atom. The summed E-state index contributed by atoms with van der Waals surface area (Å²) >= 11 is 0. The molecule has 2 heterocycles. The van der Waals surface area contributed by atoms with Gasteiger partial charge in [-0.25, -0.2) is 0 Å². The maximum atomic E-state index is 12.9. The van der Waals surface area contributed by atoms with E-state index in [0.29, 0.717) is 11.8 Å². The van der Waals surface area contributed by atoms with Crippen molar-refractivity contribution >= 4 is 5.91 Å². The predicted octanol–water partition coefficient (Wildman–Crippen LogP) is 3.34. The molecule has 2 aliphatic rings. The third-order valence-corrected chi connectivity index (χ3v) is 5.82. The number of benzene rings is 1. The van der Waals surface area contributed by atoms with Crippen LogP contribution in [0.4, 0.5) is 0 Å². The predicted molar refractivity (Wildman–Crippen MR) is 96.2 cm³/mol. The molecule has 1 aliphatic heterocycles. The van der Waals surface area contributed by atoms with Crippen LogP contribution in [-0.2, 0) is 6.54 Å². The molecule has 1 unspecified atom stereocenters. The Morgan fingerprint density at radius 3 is 2.68 bits per heavy atom. The smallest absolute Gasteiger partial charge is 0.253 e. The second-order valence-electron chi connectivity index (χ2n) is 8.06. The first-order chi connectivity index (χ1) is 12.1. The van der Waals surface area contributed by atoms with Gasteiger partial charge in [0.2, 0.25) is 0 Å². The van der Waals surface area contributed by atoms with E-state index in [0.717, 1.165) is 31.0 Å². The average Bonchev–Trinajstić information content (AvgIpc) is 3.18.